The van der Waals surface area contributed by atoms with Crippen molar-refractivity contribution in [2.24, 2.45) is 0 Å². The van der Waals surface area contributed by atoms with Gasteiger partial charge in [0.2, 0.25) is 0 Å². The number of hydrogen-bond acceptors (Lipinski definition) is 7. The van der Waals surface area contributed by atoms with Crippen LogP contribution in [0.4, 0.5) is 11.5 Å². The number of rotatable bonds is 10. The van der Waals surface area contributed by atoms with Crippen molar-refractivity contribution in [1.82, 2.24) is 9.97 Å². The second kappa shape index (κ2) is 10.7. The summed E-state index contributed by atoms with van der Waals surface area (Å²) in [6.07, 6.45) is 3.38. The van der Waals surface area contributed by atoms with Gasteiger partial charge in [-0.2, -0.15) is 0 Å². The lowest BCUT2D eigenvalue weighted by Crippen LogP contribution is -2.34. The molecule has 0 saturated carbocycles. The molecule has 0 aliphatic rings. The molecule has 1 heterocycles. The lowest BCUT2D eigenvalue weighted by Gasteiger charge is -2.26. The standard InChI is InChI=1S/C25H30N4O4/c1-16(2)29(3)20-14-26-15-27-24(20)28-19(25(30)31)13-17-9-11-18(12-10-17)23-21(32-4)7-6-8-22(23)33-5/h6-12,14-16,19H,13H2,1-5H3,(H,30,31)(H,26,27,28)/t19-/m0/s1. The molecular weight excluding hydrogens is 420 g/mol. The van der Waals surface area contributed by atoms with E-state index in [9.17, 15) is 9.90 Å². The summed E-state index contributed by atoms with van der Waals surface area (Å²) in [4.78, 5) is 22.4. The summed E-state index contributed by atoms with van der Waals surface area (Å²) in [6.45, 7) is 4.09. The molecule has 0 aliphatic carbocycles. The minimum atomic E-state index is -0.956. The number of ether oxygens (including phenoxy) is 2. The third kappa shape index (κ3) is 5.52. The van der Waals surface area contributed by atoms with E-state index in [2.05, 4.69) is 15.3 Å². The maximum absolute atomic E-state index is 12.0. The number of carbonyl (C=O) groups is 1. The fraction of sp³-hybridized carbons (Fsp3) is 0.320. The van der Waals surface area contributed by atoms with Crippen LogP contribution in [0.2, 0.25) is 0 Å². The number of benzene rings is 2. The number of carboxylic acid groups (broad SMARTS) is 1. The number of aliphatic carboxylic acids is 1. The van der Waals surface area contributed by atoms with Crippen molar-refractivity contribution < 1.29 is 19.4 Å². The van der Waals surface area contributed by atoms with Crippen molar-refractivity contribution in [3.8, 4) is 22.6 Å². The first-order valence-electron chi connectivity index (χ1n) is 10.7. The zero-order valence-corrected chi connectivity index (χ0v) is 19.6. The van der Waals surface area contributed by atoms with Crippen LogP contribution in [-0.2, 0) is 11.2 Å². The summed E-state index contributed by atoms with van der Waals surface area (Å²) in [5.74, 6) is 0.946. The zero-order valence-electron chi connectivity index (χ0n) is 19.6. The quantitative estimate of drug-likeness (QED) is 0.476. The molecule has 1 atom stereocenters. The molecule has 2 aromatic carbocycles. The van der Waals surface area contributed by atoms with Crippen molar-refractivity contribution in [1.29, 1.82) is 0 Å². The van der Waals surface area contributed by atoms with Crippen LogP contribution in [0, 0.1) is 0 Å². The van der Waals surface area contributed by atoms with Gasteiger partial charge >= 0.3 is 5.97 Å². The Labute approximate surface area is 194 Å². The Hall–Kier alpha value is -3.81. The number of nitrogens with zero attached hydrogens (tertiary/aromatic N) is 3. The van der Waals surface area contributed by atoms with E-state index in [1.165, 1.54) is 6.33 Å². The largest absolute Gasteiger partial charge is 0.496 e. The first-order valence-corrected chi connectivity index (χ1v) is 10.7. The predicted octanol–water partition coefficient (Wildman–Crippen LogP) is 4.11. The number of nitrogens with one attached hydrogen (secondary N) is 1. The van der Waals surface area contributed by atoms with Gasteiger partial charge < -0.3 is 24.8 Å². The molecule has 0 amide bonds. The maximum Gasteiger partial charge on any atom is 0.326 e. The van der Waals surface area contributed by atoms with E-state index in [0.29, 0.717) is 17.3 Å². The van der Waals surface area contributed by atoms with Crippen LogP contribution in [0.5, 0.6) is 11.5 Å². The van der Waals surface area contributed by atoms with Crippen LogP contribution in [-0.4, -0.2) is 54.4 Å². The summed E-state index contributed by atoms with van der Waals surface area (Å²) >= 11 is 0. The SMILES string of the molecule is COc1cccc(OC)c1-c1ccc(C[C@H](Nc2ncncc2N(C)C(C)C)C(=O)O)cc1. The molecule has 3 rings (SSSR count). The molecular formula is C25H30N4O4. The van der Waals surface area contributed by atoms with Gasteiger partial charge in [-0.3, -0.25) is 0 Å². The first kappa shape index (κ1) is 23.8. The number of carboxylic acids is 1. The molecule has 1 aromatic heterocycles. The highest BCUT2D eigenvalue weighted by Crippen LogP contribution is 2.38. The maximum atomic E-state index is 12.0. The van der Waals surface area contributed by atoms with E-state index in [4.69, 9.17) is 9.47 Å². The molecule has 0 unspecified atom stereocenters. The Morgan fingerprint density at radius 1 is 1.09 bits per heavy atom. The summed E-state index contributed by atoms with van der Waals surface area (Å²) in [5.41, 5.74) is 3.39. The molecule has 8 heteroatoms. The fourth-order valence-corrected chi connectivity index (χ4v) is 3.51. The van der Waals surface area contributed by atoms with Crippen molar-refractivity contribution in [3.63, 3.8) is 0 Å². The third-order valence-electron chi connectivity index (χ3n) is 5.57. The van der Waals surface area contributed by atoms with Crippen molar-refractivity contribution in [2.75, 3.05) is 31.5 Å². The van der Waals surface area contributed by atoms with Crippen molar-refractivity contribution >= 4 is 17.5 Å². The highest BCUT2D eigenvalue weighted by atomic mass is 16.5. The molecule has 3 aromatic rings. The van der Waals surface area contributed by atoms with Crippen LogP contribution in [0.1, 0.15) is 19.4 Å². The second-order valence-corrected chi connectivity index (χ2v) is 7.93. The molecule has 2 N–H and O–H groups in total. The van der Waals surface area contributed by atoms with Gasteiger partial charge in [0.1, 0.15) is 23.9 Å². The van der Waals surface area contributed by atoms with Crippen molar-refractivity contribution in [2.45, 2.75) is 32.4 Å². The van der Waals surface area contributed by atoms with Crippen molar-refractivity contribution in [3.05, 3.63) is 60.6 Å². The highest BCUT2D eigenvalue weighted by molar-refractivity contribution is 5.80. The smallest absolute Gasteiger partial charge is 0.326 e. The minimum Gasteiger partial charge on any atom is -0.496 e. The van der Waals surface area contributed by atoms with Gasteiger partial charge in [-0.1, -0.05) is 30.3 Å². The zero-order chi connectivity index (χ0) is 24.0. The van der Waals surface area contributed by atoms with Gasteiger partial charge in [-0.15, -0.1) is 0 Å². The predicted molar refractivity (Wildman–Crippen MR) is 129 cm³/mol. The molecule has 0 bridgehead atoms. The number of methoxy groups -OCH3 is 2. The third-order valence-corrected chi connectivity index (χ3v) is 5.57. The topological polar surface area (TPSA) is 96.8 Å². The summed E-state index contributed by atoms with van der Waals surface area (Å²) in [5, 5.41) is 12.9. The van der Waals surface area contributed by atoms with Crippen LogP contribution >= 0.6 is 0 Å². The Morgan fingerprint density at radius 3 is 2.27 bits per heavy atom. The number of anilines is 2. The van der Waals surface area contributed by atoms with Crippen LogP contribution in [0.15, 0.2) is 55.0 Å². The van der Waals surface area contributed by atoms with Gasteiger partial charge in [-0.05, 0) is 37.1 Å². The van der Waals surface area contributed by atoms with Gasteiger partial charge in [0.25, 0.3) is 0 Å². The van der Waals surface area contributed by atoms with Crippen LogP contribution in [0.25, 0.3) is 11.1 Å². The second-order valence-electron chi connectivity index (χ2n) is 7.93. The molecule has 0 saturated heterocycles. The Balaban J connectivity index is 1.84. The fourth-order valence-electron chi connectivity index (χ4n) is 3.51. The first-order chi connectivity index (χ1) is 15.8. The molecule has 33 heavy (non-hydrogen) atoms. The molecule has 0 spiro atoms. The van der Waals surface area contributed by atoms with E-state index in [0.717, 1.165) is 22.4 Å². The van der Waals surface area contributed by atoms with Gasteiger partial charge in [0, 0.05) is 19.5 Å². The normalized spacial score (nSPS) is 11.7. The Morgan fingerprint density at radius 2 is 1.73 bits per heavy atom. The number of hydrogen-bond donors (Lipinski definition) is 2. The van der Waals surface area contributed by atoms with Gasteiger partial charge in [0.15, 0.2) is 5.82 Å². The van der Waals surface area contributed by atoms with Crippen LogP contribution < -0.4 is 19.7 Å². The monoisotopic (exact) mass is 450 g/mol. The molecule has 0 aliphatic heterocycles. The summed E-state index contributed by atoms with van der Waals surface area (Å²) in [6, 6.07) is 12.7. The van der Waals surface area contributed by atoms with Gasteiger partial charge in [-0.25, -0.2) is 14.8 Å². The van der Waals surface area contributed by atoms with Crippen LogP contribution in [0.3, 0.4) is 0 Å². The van der Waals surface area contributed by atoms with E-state index >= 15 is 0 Å². The van der Waals surface area contributed by atoms with Gasteiger partial charge in [0.05, 0.1) is 31.7 Å². The lowest BCUT2D eigenvalue weighted by atomic mass is 9.99. The number of aromatic nitrogens is 2. The van der Waals surface area contributed by atoms with E-state index in [1.807, 2.05) is 68.3 Å². The highest BCUT2D eigenvalue weighted by Gasteiger charge is 2.22. The molecule has 8 nitrogen and oxygen atoms in total. The van der Waals surface area contributed by atoms with E-state index < -0.39 is 12.0 Å². The summed E-state index contributed by atoms with van der Waals surface area (Å²) < 4.78 is 11.0. The molecule has 0 fully saturated rings. The van der Waals surface area contributed by atoms with E-state index in [1.54, 1.807) is 20.4 Å². The average Bonchev–Trinajstić information content (AvgIpc) is 2.83. The summed E-state index contributed by atoms with van der Waals surface area (Å²) in [7, 11) is 5.16. The average molecular weight is 451 g/mol. The Bertz CT molecular complexity index is 1060. The molecule has 0 radical (unpaired) electrons. The minimum absolute atomic E-state index is 0.208. The molecule has 174 valence electrons. The van der Waals surface area contributed by atoms with E-state index in [-0.39, 0.29) is 12.5 Å². The lowest BCUT2D eigenvalue weighted by molar-refractivity contribution is -0.137. The Kier molecular flexibility index (Phi) is 7.71.